The summed E-state index contributed by atoms with van der Waals surface area (Å²) in [5, 5.41) is 4.72. The van der Waals surface area contributed by atoms with Crippen molar-refractivity contribution < 1.29 is 17.9 Å². The number of sulfonamides is 1. The molecular formula is C24H27N3O4S. The average Bonchev–Trinajstić information content (AvgIpc) is 3.47. The zero-order chi connectivity index (χ0) is 22.6. The summed E-state index contributed by atoms with van der Waals surface area (Å²) in [6.45, 7) is 2.20. The van der Waals surface area contributed by atoms with E-state index in [1.54, 1.807) is 4.68 Å². The molecule has 1 fully saturated rings. The number of ether oxygens (including phenoxy) is 1. The van der Waals surface area contributed by atoms with Crippen LogP contribution in [0.25, 0.3) is 16.9 Å². The monoisotopic (exact) mass is 453 g/mol. The number of benzene rings is 2. The third-order valence-electron chi connectivity index (χ3n) is 5.52. The minimum Gasteiger partial charge on any atom is -0.459 e. The maximum atomic E-state index is 12.8. The van der Waals surface area contributed by atoms with E-state index in [2.05, 4.69) is 0 Å². The van der Waals surface area contributed by atoms with Crippen molar-refractivity contribution in [3.8, 4) is 16.9 Å². The van der Waals surface area contributed by atoms with E-state index in [9.17, 15) is 13.2 Å². The second kappa shape index (κ2) is 9.67. The second-order valence-electron chi connectivity index (χ2n) is 7.84. The number of esters is 1. The molecule has 2 heterocycles. The summed E-state index contributed by atoms with van der Waals surface area (Å²) < 4.78 is 33.8. The van der Waals surface area contributed by atoms with Crippen LogP contribution in [0.2, 0.25) is 0 Å². The predicted octanol–water partition coefficient (Wildman–Crippen LogP) is 3.79. The molecule has 8 heteroatoms. The first-order chi connectivity index (χ1) is 15.5. The largest absolute Gasteiger partial charge is 0.459 e. The van der Waals surface area contributed by atoms with Crippen LogP contribution in [0.15, 0.2) is 66.9 Å². The minimum atomic E-state index is -3.45. The first-order valence-corrected chi connectivity index (χ1v) is 12.5. The molecule has 1 atom stereocenters. The molecule has 0 saturated carbocycles. The van der Waals surface area contributed by atoms with Gasteiger partial charge in [-0.05, 0) is 31.4 Å². The number of hydrogen-bond donors (Lipinski definition) is 0. The quantitative estimate of drug-likeness (QED) is 0.485. The summed E-state index contributed by atoms with van der Waals surface area (Å²) >= 11 is 0. The molecule has 32 heavy (non-hydrogen) atoms. The van der Waals surface area contributed by atoms with Gasteiger partial charge in [-0.3, -0.25) is 4.79 Å². The van der Waals surface area contributed by atoms with Gasteiger partial charge in [0, 0.05) is 23.9 Å². The number of carbonyl (C=O) groups excluding carboxylic acids is 1. The van der Waals surface area contributed by atoms with Crippen molar-refractivity contribution in [3.63, 3.8) is 0 Å². The van der Waals surface area contributed by atoms with Crippen molar-refractivity contribution in [3.05, 3.63) is 72.4 Å². The zero-order valence-corrected chi connectivity index (χ0v) is 18.9. The number of nitrogens with zero attached hydrogens (tertiary/aromatic N) is 3. The Morgan fingerprint density at radius 3 is 2.47 bits per heavy atom. The van der Waals surface area contributed by atoms with Crippen molar-refractivity contribution in [2.45, 2.75) is 38.8 Å². The van der Waals surface area contributed by atoms with Crippen LogP contribution < -0.4 is 0 Å². The van der Waals surface area contributed by atoms with E-state index in [0.717, 1.165) is 22.5 Å². The van der Waals surface area contributed by atoms with Gasteiger partial charge in [0.05, 0.1) is 17.1 Å². The Morgan fingerprint density at radius 2 is 1.78 bits per heavy atom. The van der Waals surface area contributed by atoms with Crippen LogP contribution in [0.5, 0.6) is 0 Å². The predicted molar refractivity (Wildman–Crippen MR) is 123 cm³/mol. The van der Waals surface area contributed by atoms with Crippen molar-refractivity contribution >= 4 is 16.0 Å². The molecule has 1 aliphatic heterocycles. The summed E-state index contributed by atoms with van der Waals surface area (Å²) in [4.78, 5) is 12.8. The number of aromatic nitrogens is 2. The van der Waals surface area contributed by atoms with Gasteiger partial charge in [0.1, 0.15) is 12.6 Å². The molecule has 0 amide bonds. The molecule has 1 aliphatic rings. The lowest BCUT2D eigenvalue weighted by molar-refractivity contribution is -0.148. The summed E-state index contributed by atoms with van der Waals surface area (Å²) in [6, 6.07) is 18.7. The van der Waals surface area contributed by atoms with Crippen LogP contribution in [0.1, 0.15) is 31.7 Å². The van der Waals surface area contributed by atoms with Crippen LogP contribution in [0.4, 0.5) is 0 Å². The Hall–Kier alpha value is -2.97. The number of carbonyl (C=O) groups is 1. The van der Waals surface area contributed by atoms with Crippen LogP contribution >= 0.6 is 0 Å². The van der Waals surface area contributed by atoms with Crippen molar-refractivity contribution in [1.82, 2.24) is 14.1 Å². The molecule has 0 N–H and O–H groups in total. The van der Waals surface area contributed by atoms with Crippen LogP contribution in [-0.2, 0) is 26.2 Å². The van der Waals surface area contributed by atoms with Gasteiger partial charge in [0.15, 0.2) is 0 Å². The lowest BCUT2D eigenvalue weighted by Gasteiger charge is -2.22. The Balaban J connectivity index is 1.56. The average molecular weight is 454 g/mol. The van der Waals surface area contributed by atoms with Gasteiger partial charge in [-0.25, -0.2) is 13.1 Å². The lowest BCUT2D eigenvalue weighted by Crippen LogP contribution is -2.42. The van der Waals surface area contributed by atoms with E-state index >= 15 is 0 Å². The highest BCUT2D eigenvalue weighted by Crippen LogP contribution is 2.26. The van der Waals surface area contributed by atoms with Gasteiger partial charge < -0.3 is 4.74 Å². The van der Waals surface area contributed by atoms with Crippen molar-refractivity contribution in [2.75, 3.05) is 12.3 Å². The van der Waals surface area contributed by atoms with Crippen LogP contribution in [0, 0.1) is 0 Å². The highest BCUT2D eigenvalue weighted by molar-refractivity contribution is 7.89. The minimum absolute atomic E-state index is 0.0219. The fraction of sp³-hybridized carbons (Fsp3) is 0.333. The maximum Gasteiger partial charge on any atom is 0.324 e. The molecule has 0 spiro atoms. The molecule has 1 unspecified atom stereocenters. The Labute approximate surface area is 188 Å². The highest BCUT2D eigenvalue weighted by atomic mass is 32.2. The molecule has 0 radical (unpaired) electrons. The van der Waals surface area contributed by atoms with Gasteiger partial charge in [-0.2, -0.15) is 9.40 Å². The zero-order valence-electron chi connectivity index (χ0n) is 18.1. The van der Waals surface area contributed by atoms with Crippen LogP contribution in [0.3, 0.4) is 0 Å². The van der Waals surface area contributed by atoms with Crippen molar-refractivity contribution in [2.24, 2.45) is 0 Å². The molecule has 1 saturated heterocycles. The molecule has 168 valence electrons. The highest BCUT2D eigenvalue weighted by Gasteiger charge is 2.39. The molecular weight excluding hydrogens is 426 g/mol. The maximum absolute atomic E-state index is 12.8. The number of hydrogen-bond acceptors (Lipinski definition) is 5. The summed E-state index contributed by atoms with van der Waals surface area (Å²) in [6.07, 6.45) is 3.51. The number of para-hydroxylation sites is 1. The van der Waals surface area contributed by atoms with E-state index in [4.69, 9.17) is 9.84 Å². The first-order valence-electron chi connectivity index (χ1n) is 10.8. The van der Waals surface area contributed by atoms with Gasteiger partial charge in [-0.15, -0.1) is 0 Å². The van der Waals surface area contributed by atoms with Gasteiger partial charge in [0.25, 0.3) is 0 Å². The Bertz CT molecular complexity index is 1160. The SMILES string of the molecule is CCCS(=O)(=O)N1CCCC1C(=O)OCc1cn(-c2ccccc2)nc1-c1ccccc1. The smallest absolute Gasteiger partial charge is 0.324 e. The lowest BCUT2D eigenvalue weighted by atomic mass is 10.1. The molecule has 2 aromatic carbocycles. The van der Waals surface area contributed by atoms with E-state index in [1.807, 2.05) is 73.8 Å². The van der Waals surface area contributed by atoms with E-state index < -0.39 is 22.0 Å². The van der Waals surface area contributed by atoms with E-state index in [-0.39, 0.29) is 12.4 Å². The third kappa shape index (κ3) is 4.76. The summed E-state index contributed by atoms with van der Waals surface area (Å²) in [5.41, 5.74) is 3.30. The first kappa shape index (κ1) is 22.2. The topological polar surface area (TPSA) is 81.5 Å². The standard InChI is InChI=1S/C24H27N3O4S/c1-2-16-32(29,30)27-15-9-14-22(27)24(28)31-18-20-17-26(21-12-7-4-8-13-21)25-23(20)19-10-5-3-6-11-19/h3-8,10-13,17,22H,2,9,14-16,18H2,1H3. The molecule has 3 aromatic rings. The molecule has 0 bridgehead atoms. The molecule has 1 aromatic heterocycles. The Morgan fingerprint density at radius 1 is 1.09 bits per heavy atom. The fourth-order valence-electron chi connectivity index (χ4n) is 4.00. The van der Waals surface area contributed by atoms with Crippen LogP contribution in [-0.4, -0.2) is 46.8 Å². The second-order valence-corrected chi connectivity index (χ2v) is 9.88. The van der Waals surface area contributed by atoms with E-state index in [0.29, 0.717) is 25.8 Å². The molecule has 7 nitrogen and oxygen atoms in total. The normalized spacial score (nSPS) is 16.8. The summed E-state index contributed by atoms with van der Waals surface area (Å²) in [7, 11) is -3.45. The summed E-state index contributed by atoms with van der Waals surface area (Å²) in [5.74, 6) is -0.465. The third-order valence-corrected chi connectivity index (χ3v) is 7.60. The number of rotatable bonds is 8. The molecule has 0 aliphatic carbocycles. The van der Waals surface area contributed by atoms with Gasteiger partial charge in [-0.1, -0.05) is 55.5 Å². The van der Waals surface area contributed by atoms with E-state index in [1.165, 1.54) is 4.31 Å². The fourth-order valence-corrected chi connectivity index (χ4v) is 5.73. The van der Waals surface area contributed by atoms with Crippen molar-refractivity contribution in [1.29, 1.82) is 0 Å². The Kier molecular flexibility index (Phi) is 6.72. The van der Waals surface area contributed by atoms with Gasteiger partial charge in [0.2, 0.25) is 10.0 Å². The molecule has 4 rings (SSSR count). The van der Waals surface area contributed by atoms with Gasteiger partial charge >= 0.3 is 5.97 Å².